The molecule has 5 nitrogen and oxygen atoms in total. The van der Waals surface area contributed by atoms with E-state index in [2.05, 4.69) is 58.9 Å². The number of aromatic nitrogens is 2. The molecule has 0 atom stereocenters. The van der Waals surface area contributed by atoms with E-state index in [1.807, 2.05) is 36.5 Å². The third-order valence-electron chi connectivity index (χ3n) is 6.25. The predicted molar refractivity (Wildman–Crippen MR) is 140 cm³/mol. The normalized spacial score (nSPS) is 12.4. The summed E-state index contributed by atoms with van der Waals surface area (Å²) in [7, 11) is 0. The lowest BCUT2D eigenvalue weighted by atomic mass is 10.1. The molecule has 0 radical (unpaired) electrons. The Kier molecular flexibility index (Phi) is 7.36. The number of benzene rings is 3. The van der Waals surface area contributed by atoms with E-state index in [1.54, 1.807) is 0 Å². The Morgan fingerprint density at radius 1 is 0.886 bits per heavy atom. The Morgan fingerprint density at radius 2 is 1.66 bits per heavy atom. The van der Waals surface area contributed by atoms with Gasteiger partial charge in [0.2, 0.25) is 6.79 Å². The molecular weight excluding hydrogens is 458 g/mol. The van der Waals surface area contributed by atoms with Crippen LogP contribution in [0.5, 0.6) is 11.5 Å². The zero-order valence-electron chi connectivity index (χ0n) is 20.0. The minimum absolute atomic E-state index is 0.288. The maximum atomic E-state index is 6.14. The van der Waals surface area contributed by atoms with Gasteiger partial charge in [-0.15, -0.1) is 0 Å². The van der Waals surface area contributed by atoms with Crippen LogP contribution in [0.25, 0.3) is 11.4 Å². The Bertz CT molecular complexity index is 1250. The molecule has 6 heteroatoms. The third kappa shape index (κ3) is 5.69. The summed E-state index contributed by atoms with van der Waals surface area (Å²) in [5.41, 5.74) is 4.77. The first kappa shape index (κ1) is 23.5. The van der Waals surface area contributed by atoms with Crippen molar-refractivity contribution in [3.8, 4) is 22.9 Å². The van der Waals surface area contributed by atoms with Crippen molar-refractivity contribution in [3.05, 3.63) is 101 Å². The van der Waals surface area contributed by atoms with Gasteiger partial charge in [0.25, 0.3) is 0 Å². The topological polar surface area (TPSA) is 39.5 Å². The first-order chi connectivity index (χ1) is 17.2. The Hall–Kier alpha value is -3.28. The molecule has 5 rings (SSSR count). The number of nitrogens with zero attached hydrogens (tertiary/aromatic N) is 3. The third-order valence-corrected chi connectivity index (χ3v) is 6.51. The molecule has 0 saturated carbocycles. The maximum absolute atomic E-state index is 6.14. The average Bonchev–Trinajstić information content (AvgIpc) is 3.50. The lowest BCUT2D eigenvalue weighted by Crippen LogP contribution is -2.24. The van der Waals surface area contributed by atoms with Gasteiger partial charge < -0.3 is 14.0 Å². The minimum atomic E-state index is 0.288. The molecule has 1 aromatic heterocycles. The highest BCUT2D eigenvalue weighted by Crippen LogP contribution is 2.33. The van der Waals surface area contributed by atoms with Crippen LogP contribution in [0.3, 0.4) is 0 Å². The van der Waals surface area contributed by atoms with E-state index in [9.17, 15) is 0 Å². The molecule has 1 aliphatic rings. The van der Waals surface area contributed by atoms with Gasteiger partial charge in [-0.3, -0.25) is 4.90 Å². The van der Waals surface area contributed by atoms with Crippen LogP contribution in [0.1, 0.15) is 36.6 Å². The summed E-state index contributed by atoms with van der Waals surface area (Å²) >= 11 is 6.14. The van der Waals surface area contributed by atoms with Crippen LogP contribution in [-0.2, 0) is 26.2 Å². The molecule has 0 bridgehead atoms. The number of fused-ring (bicyclic) bond motifs is 1. The number of hydrogen-bond acceptors (Lipinski definition) is 4. The van der Waals surface area contributed by atoms with Crippen molar-refractivity contribution in [3.63, 3.8) is 0 Å². The van der Waals surface area contributed by atoms with Crippen molar-refractivity contribution in [2.75, 3.05) is 6.79 Å². The monoisotopic (exact) mass is 487 g/mol. The molecule has 3 aromatic carbocycles. The fourth-order valence-electron chi connectivity index (χ4n) is 4.47. The SMILES string of the molecule is CCCCn1c(CN(Cc2ccccc2)Cc2ccc3c(c2)OCO3)cnc1-c1ccc(Cl)cc1. The van der Waals surface area contributed by atoms with Gasteiger partial charge >= 0.3 is 0 Å². The van der Waals surface area contributed by atoms with Crippen LogP contribution in [-0.4, -0.2) is 21.2 Å². The van der Waals surface area contributed by atoms with Crippen LogP contribution in [0.2, 0.25) is 5.02 Å². The van der Waals surface area contributed by atoms with Crippen LogP contribution in [0.15, 0.2) is 79.0 Å². The van der Waals surface area contributed by atoms with Gasteiger partial charge in [0, 0.05) is 36.8 Å². The number of rotatable bonds is 10. The van der Waals surface area contributed by atoms with Crippen molar-refractivity contribution in [1.29, 1.82) is 0 Å². The standard InChI is InChI=1S/C29H30ClN3O2/c1-2-3-15-33-26(17-31-29(33)24-10-12-25(30)13-11-24)20-32(18-22-7-5-4-6-8-22)19-23-9-14-27-28(16-23)35-21-34-27/h4-14,16-17H,2-3,15,18-21H2,1H3. The summed E-state index contributed by atoms with van der Waals surface area (Å²) < 4.78 is 13.5. The second-order valence-corrected chi connectivity index (χ2v) is 9.34. The number of hydrogen-bond donors (Lipinski definition) is 0. The fraction of sp³-hybridized carbons (Fsp3) is 0.276. The second-order valence-electron chi connectivity index (χ2n) is 8.90. The van der Waals surface area contributed by atoms with Crippen molar-refractivity contribution < 1.29 is 9.47 Å². The fourth-order valence-corrected chi connectivity index (χ4v) is 4.59. The van der Waals surface area contributed by atoms with E-state index in [0.29, 0.717) is 0 Å². The summed E-state index contributed by atoms with van der Waals surface area (Å²) in [5.74, 6) is 2.63. The van der Waals surface area contributed by atoms with E-state index in [0.717, 1.165) is 66.9 Å². The number of imidazole rings is 1. The highest BCUT2D eigenvalue weighted by molar-refractivity contribution is 6.30. The lowest BCUT2D eigenvalue weighted by Gasteiger charge is -2.24. The summed E-state index contributed by atoms with van der Waals surface area (Å²) in [6, 6.07) is 24.8. The molecule has 35 heavy (non-hydrogen) atoms. The molecule has 0 fully saturated rings. The van der Waals surface area contributed by atoms with Gasteiger partial charge in [0.05, 0.1) is 11.9 Å². The maximum Gasteiger partial charge on any atom is 0.231 e. The highest BCUT2D eigenvalue weighted by Gasteiger charge is 2.18. The summed E-state index contributed by atoms with van der Waals surface area (Å²) in [4.78, 5) is 7.30. The van der Waals surface area contributed by atoms with Gasteiger partial charge in [0.1, 0.15) is 5.82 Å². The van der Waals surface area contributed by atoms with Crippen LogP contribution in [0, 0.1) is 0 Å². The Labute approximate surface area is 211 Å². The van der Waals surface area contributed by atoms with Crippen LogP contribution in [0.4, 0.5) is 0 Å². The van der Waals surface area contributed by atoms with Gasteiger partial charge in [-0.1, -0.05) is 61.3 Å². The number of ether oxygens (including phenoxy) is 2. The Morgan fingerprint density at radius 3 is 2.46 bits per heavy atom. The van der Waals surface area contributed by atoms with Crippen LogP contribution >= 0.6 is 11.6 Å². The first-order valence-electron chi connectivity index (χ1n) is 12.1. The molecule has 180 valence electrons. The van der Waals surface area contributed by atoms with E-state index < -0.39 is 0 Å². The molecule has 0 amide bonds. The van der Waals surface area contributed by atoms with Gasteiger partial charge in [-0.25, -0.2) is 4.98 Å². The minimum Gasteiger partial charge on any atom is -0.454 e. The average molecular weight is 488 g/mol. The van der Waals surface area contributed by atoms with Gasteiger partial charge in [-0.05, 0) is 53.9 Å². The first-order valence-corrected chi connectivity index (χ1v) is 12.5. The lowest BCUT2D eigenvalue weighted by molar-refractivity contribution is 0.174. The smallest absolute Gasteiger partial charge is 0.231 e. The summed E-state index contributed by atoms with van der Waals surface area (Å²) in [5, 5.41) is 0.735. The highest BCUT2D eigenvalue weighted by atomic mass is 35.5. The summed E-state index contributed by atoms with van der Waals surface area (Å²) in [6.45, 7) is 5.86. The van der Waals surface area contributed by atoms with Gasteiger partial charge in [0.15, 0.2) is 11.5 Å². The number of unbranched alkanes of at least 4 members (excludes halogenated alkanes) is 1. The van der Waals surface area contributed by atoms with E-state index in [-0.39, 0.29) is 6.79 Å². The molecular formula is C29H30ClN3O2. The largest absolute Gasteiger partial charge is 0.454 e. The van der Waals surface area contributed by atoms with Gasteiger partial charge in [-0.2, -0.15) is 0 Å². The predicted octanol–water partition coefficient (Wildman–Crippen LogP) is 6.93. The second kappa shape index (κ2) is 11.0. The Balaban J connectivity index is 1.44. The molecule has 0 aliphatic carbocycles. The quantitative estimate of drug-likeness (QED) is 0.243. The summed E-state index contributed by atoms with van der Waals surface area (Å²) in [6.07, 6.45) is 4.25. The molecule has 1 aliphatic heterocycles. The zero-order valence-corrected chi connectivity index (χ0v) is 20.7. The molecule has 0 spiro atoms. The molecule has 2 heterocycles. The van der Waals surface area contributed by atoms with Crippen molar-refractivity contribution in [1.82, 2.24) is 14.5 Å². The van der Waals surface area contributed by atoms with E-state index >= 15 is 0 Å². The van der Waals surface area contributed by atoms with Crippen molar-refractivity contribution in [2.24, 2.45) is 0 Å². The molecule has 0 saturated heterocycles. The number of halogens is 1. The van der Waals surface area contributed by atoms with Crippen molar-refractivity contribution in [2.45, 2.75) is 45.9 Å². The zero-order chi connectivity index (χ0) is 24.0. The van der Waals surface area contributed by atoms with E-state index in [4.69, 9.17) is 26.1 Å². The molecule has 4 aromatic rings. The van der Waals surface area contributed by atoms with Crippen molar-refractivity contribution >= 4 is 11.6 Å². The molecule has 0 unspecified atom stereocenters. The molecule has 0 N–H and O–H groups in total. The van der Waals surface area contributed by atoms with E-state index in [1.165, 1.54) is 16.8 Å². The van der Waals surface area contributed by atoms with Crippen LogP contribution < -0.4 is 9.47 Å².